The smallest absolute Gasteiger partial charge is 0.257 e. The molecule has 2 aromatic carbocycles. The molecule has 0 unspecified atom stereocenters. The second kappa shape index (κ2) is 8.68. The Kier molecular flexibility index (Phi) is 5.44. The van der Waals surface area contributed by atoms with Gasteiger partial charge in [0, 0.05) is 30.1 Å². The lowest BCUT2D eigenvalue weighted by molar-refractivity contribution is -0.123. The molecule has 1 N–H and O–H groups in total. The van der Waals surface area contributed by atoms with Gasteiger partial charge in [0.25, 0.3) is 5.91 Å². The zero-order valence-electron chi connectivity index (χ0n) is 17.3. The number of aromatic nitrogens is 2. The Morgan fingerprint density at radius 3 is 2.90 bits per heavy atom. The maximum Gasteiger partial charge on any atom is 0.257 e. The first-order valence-corrected chi connectivity index (χ1v) is 10.8. The van der Waals surface area contributed by atoms with Crippen LogP contribution in [-0.4, -0.2) is 28.8 Å². The van der Waals surface area contributed by atoms with Crippen LogP contribution in [0.4, 0.5) is 0 Å². The minimum absolute atomic E-state index is 0.00513. The monoisotopic (exact) mass is 415 g/mol. The molecule has 0 spiro atoms. The second-order valence-corrected chi connectivity index (χ2v) is 7.89. The predicted octanol–water partition coefficient (Wildman–Crippen LogP) is 4.24. The number of nitrogens with zero attached hydrogens (tertiary/aromatic N) is 2. The zero-order valence-corrected chi connectivity index (χ0v) is 17.3. The highest BCUT2D eigenvalue weighted by Gasteiger charge is 2.18. The number of hydrogen-bond acceptors (Lipinski definition) is 4. The second-order valence-electron chi connectivity index (χ2n) is 7.89. The van der Waals surface area contributed by atoms with Crippen LogP contribution in [-0.2, 0) is 24.1 Å². The molecule has 0 saturated carbocycles. The van der Waals surface area contributed by atoms with Gasteiger partial charge in [0.05, 0.1) is 11.9 Å². The average molecular weight is 415 g/mol. The number of rotatable bonds is 7. The molecule has 31 heavy (non-hydrogen) atoms. The fraction of sp³-hybridized carbons (Fsp3) is 0.280. The van der Waals surface area contributed by atoms with Gasteiger partial charge in [0.1, 0.15) is 17.1 Å². The first-order valence-electron chi connectivity index (χ1n) is 10.8. The van der Waals surface area contributed by atoms with Crippen molar-refractivity contribution in [3.8, 4) is 11.4 Å². The number of aryl methyl sites for hydroxylation is 2. The Labute approximate surface area is 180 Å². The number of carbonyl (C=O) groups is 1. The van der Waals surface area contributed by atoms with Gasteiger partial charge >= 0.3 is 0 Å². The van der Waals surface area contributed by atoms with Crippen molar-refractivity contribution in [3.05, 3.63) is 77.8 Å². The molecule has 1 amide bonds. The Hall–Kier alpha value is -3.54. The number of nitrogens with one attached hydrogen (secondary N) is 1. The fourth-order valence-electron chi connectivity index (χ4n) is 4.09. The lowest BCUT2D eigenvalue weighted by atomic mass is 9.96. The van der Waals surface area contributed by atoms with E-state index in [1.165, 1.54) is 18.4 Å². The highest BCUT2D eigenvalue weighted by atomic mass is 16.5. The number of amides is 1. The van der Waals surface area contributed by atoms with Gasteiger partial charge in [-0.05, 0) is 61.6 Å². The first-order chi connectivity index (χ1) is 15.3. The van der Waals surface area contributed by atoms with Crippen molar-refractivity contribution < 1.29 is 13.9 Å². The normalized spacial score (nSPS) is 13.2. The van der Waals surface area contributed by atoms with Gasteiger partial charge in [-0.25, -0.2) is 4.68 Å². The quantitative estimate of drug-likeness (QED) is 0.490. The van der Waals surface area contributed by atoms with Gasteiger partial charge in [-0.1, -0.05) is 18.2 Å². The van der Waals surface area contributed by atoms with Crippen molar-refractivity contribution in [2.45, 2.75) is 32.1 Å². The standard InChI is InChI=1S/C25H25N3O3/c29-25(26-13-12-18-15-27-28(16-18)19-6-2-1-3-7-19)17-30-20-10-11-24-22(14-20)21-8-4-5-9-23(21)31-24/h1-3,6-7,10-11,14-16H,4-5,8-9,12-13,17H2,(H,26,29). The molecule has 4 aromatic rings. The maximum atomic E-state index is 12.2. The average Bonchev–Trinajstić information content (AvgIpc) is 3.43. The van der Waals surface area contributed by atoms with Crippen LogP contribution in [0.5, 0.6) is 5.75 Å². The molecule has 6 heteroatoms. The summed E-state index contributed by atoms with van der Waals surface area (Å²) in [6, 6.07) is 15.7. The number of para-hydroxylation sites is 1. The van der Waals surface area contributed by atoms with Gasteiger partial charge in [0.2, 0.25) is 0 Å². The molecule has 5 rings (SSSR count). The van der Waals surface area contributed by atoms with E-state index < -0.39 is 0 Å². The Bertz CT molecular complexity index is 1190. The maximum absolute atomic E-state index is 12.2. The van der Waals surface area contributed by atoms with Crippen molar-refractivity contribution in [2.75, 3.05) is 13.2 Å². The number of carbonyl (C=O) groups excluding carboxylic acids is 1. The van der Waals surface area contributed by atoms with Gasteiger partial charge in [0.15, 0.2) is 6.61 Å². The van der Waals surface area contributed by atoms with E-state index in [0.717, 1.165) is 40.8 Å². The fourth-order valence-corrected chi connectivity index (χ4v) is 4.09. The lowest BCUT2D eigenvalue weighted by Gasteiger charge is -2.09. The van der Waals surface area contributed by atoms with Crippen LogP contribution in [0.15, 0.2) is 65.3 Å². The Morgan fingerprint density at radius 1 is 1.13 bits per heavy atom. The van der Waals surface area contributed by atoms with E-state index in [1.54, 1.807) is 0 Å². The summed E-state index contributed by atoms with van der Waals surface area (Å²) in [4.78, 5) is 12.2. The van der Waals surface area contributed by atoms with Crippen molar-refractivity contribution in [3.63, 3.8) is 0 Å². The summed E-state index contributed by atoms with van der Waals surface area (Å²) >= 11 is 0. The molecule has 0 saturated heterocycles. The Morgan fingerprint density at radius 2 is 2.00 bits per heavy atom. The van der Waals surface area contributed by atoms with Crippen molar-refractivity contribution in [2.24, 2.45) is 0 Å². The molecule has 2 aromatic heterocycles. The third-order valence-corrected chi connectivity index (χ3v) is 5.69. The lowest BCUT2D eigenvalue weighted by Crippen LogP contribution is -2.30. The minimum atomic E-state index is -0.134. The molecule has 0 aliphatic heterocycles. The molecule has 6 nitrogen and oxygen atoms in total. The van der Waals surface area contributed by atoms with Crippen LogP contribution in [0, 0.1) is 0 Å². The first kappa shape index (κ1) is 19.4. The van der Waals surface area contributed by atoms with E-state index >= 15 is 0 Å². The number of ether oxygens (including phenoxy) is 1. The SMILES string of the molecule is O=C(COc1ccc2oc3c(c2c1)CCCC3)NCCc1cnn(-c2ccccc2)c1. The number of hydrogen-bond donors (Lipinski definition) is 1. The third-order valence-electron chi connectivity index (χ3n) is 5.69. The summed E-state index contributed by atoms with van der Waals surface area (Å²) in [7, 11) is 0. The summed E-state index contributed by atoms with van der Waals surface area (Å²) in [5.41, 5.74) is 4.29. The summed E-state index contributed by atoms with van der Waals surface area (Å²) < 4.78 is 13.5. The molecule has 2 heterocycles. The van der Waals surface area contributed by atoms with E-state index in [9.17, 15) is 4.79 Å². The molecular weight excluding hydrogens is 390 g/mol. The third kappa shape index (κ3) is 4.33. The predicted molar refractivity (Wildman–Crippen MR) is 119 cm³/mol. The van der Waals surface area contributed by atoms with Crippen LogP contribution in [0.2, 0.25) is 0 Å². The van der Waals surface area contributed by atoms with Crippen LogP contribution in [0.3, 0.4) is 0 Å². The van der Waals surface area contributed by atoms with Gasteiger partial charge < -0.3 is 14.5 Å². The van der Waals surface area contributed by atoms with Crippen LogP contribution < -0.4 is 10.1 Å². The van der Waals surface area contributed by atoms with E-state index in [2.05, 4.69) is 10.4 Å². The highest BCUT2D eigenvalue weighted by molar-refractivity contribution is 5.84. The minimum Gasteiger partial charge on any atom is -0.484 e. The van der Waals surface area contributed by atoms with Crippen molar-refractivity contribution in [1.29, 1.82) is 0 Å². The molecule has 1 aliphatic rings. The van der Waals surface area contributed by atoms with Gasteiger partial charge in [-0.2, -0.15) is 5.10 Å². The topological polar surface area (TPSA) is 69.3 Å². The van der Waals surface area contributed by atoms with E-state index in [1.807, 2.05) is 65.6 Å². The van der Waals surface area contributed by atoms with Crippen molar-refractivity contribution >= 4 is 16.9 Å². The van der Waals surface area contributed by atoms with E-state index in [4.69, 9.17) is 9.15 Å². The highest BCUT2D eigenvalue weighted by Crippen LogP contribution is 2.33. The number of benzene rings is 2. The van der Waals surface area contributed by atoms with Crippen molar-refractivity contribution in [1.82, 2.24) is 15.1 Å². The zero-order chi connectivity index (χ0) is 21.0. The molecule has 0 bridgehead atoms. The molecule has 1 aliphatic carbocycles. The van der Waals surface area contributed by atoms with Gasteiger partial charge in [-0.3, -0.25) is 4.79 Å². The molecule has 0 radical (unpaired) electrons. The van der Waals surface area contributed by atoms with E-state index in [0.29, 0.717) is 18.7 Å². The molecule has 0 atom stereocenters. The summed E-state index contributed by atoms with van der Waals surface area (Å²) in [6.07, 6.45) is 8.96. The largest absolute Gasteiger partial charge is 0.484 e. The van der Waals surface area contributed by atoms with Crippen LogP contribution in [0.1, 0.15) is 29.7 Å². The molecule has 158 valence electrons. The summed E-state index contributed by atoms with van der Waals surface area (Å²) in [5.74, 6) is 1.66. The molecular formula is C25H25N3O3. The number of furan rings is 1. The summed E-state index contributed by atoms with van der Waals surface area (Å²) in [5, 5.41) is 8.41. The van der Waals surface area contributed by atoms with Crippen LogP contribution >= 0.6 is 0 Å². The molecule has 0 fully saturated rings. The number of fused-ring (bicyclic) bond motifs is 3. The van der Waals surface area contributed by atoms with E-state index in [-0.39, 0.29) is 12.5 Å². The van der Waals surface area contributed by atoms with Crippen LogP contribution in [0.25, 0.3) is 16.7 Å². The Balaban J connectivity index is 1.12. The van der Waals surface area contributed by atoms with Gasteiger partial charge in [-0.15, -0.1) is 0 Å². The summed E-state index contributed by atoms with van der Waals surface area (Å²) in [6.45, 7) is 0.534.